The van der Waals surface area contributed by atoms with E-state index in [0.717, 1.165) is 59.7 Å². The van der Waals surface area contributed by atoms with Gasteiger partial charge < -0.3 is 19.9 Å². The zero-order valence-corrected chi connectivity index (χ0v) is 19.1. The Balaban J connectivity index is 1.32. The van der Waals surface area contributed by atoms with Crippen LogP contribution in [-0.2, 0) is 4.79 Å². The number of anilines is 3. The number of nitrogens with zero attached hydrogens (tertiary/aromatic N) is 4. The van der Waals surface area contributed by atoms with Crippen molar-refractivity contribution < 1.29 is 9.53 Å². The molecule has 0 saturated carbocycles. The predicted molar refractivity (Wildman–Crippen MR) is 130 cm³/mol. The van der Waals surface area contributed by atoms with Crippen molar-refractivity contribution in [1.29, 1.82) is 0 Å². The third kappa shape index (κ3) is 5.31. The Morgan fingerprint density at radius 1 is 1.03 bits per heavy atom. The van der Waals surface area contributed by atoms with Crippen LogP contribution in [0, 0.1) is 6.92 Å². The van der Waals surface area contributed by atoms with Crippen molar-refractivity contribution in [3.8, 4) is 5.75 Å². The van der Waals surface area contributed by atoms with Crippen molar-refractivity contribution in [3.63, 3.8) is 0 Å². The maximum absolute atomic E-state index is 12.3. The molecule has 0 aliphatic carbocycles. The normalized spacial score (nSPS) is 13.7. The Hall–Kier alpha value is -3.26. The molecule has 1 aromatic heterocycles. The highest BCUT2D eigenvalue weighted by Gasteiger charge is 2.21. The zero-order chi connectivity index (χ0) is 22.3. The molecule has 166 valence electrons. The van der Waals surface area contributed by atoms with Crippen LogP contribution in [0.25, 0.3) is 0 Å². The summed E-state index contributed by atoms with van der Waals surface area (Å²) in [7, 11) is 1.70. The SMILES string of the molecule is COc1ccccc1N1CCN(c2cc(SCC(=O)Nc3ccccc3C)ncn2)CC1. The first-order valence-corrected chi connectivity index (χ1v) is 11.6. The molecule has 0 bridgehead atoms. The highest BCUT2D eigenvalue weighted by atomic mass is 32.2. The number of thioether (sulfide) groups is 1. The molecule has 1 aliphatic heterocycles. The van der Waals surface area contributed by atoms with Crippen LogP contribution >= 0.6 is 11.8 Å². The van der Waals surface area contributed by atoms with Gasteiger partial charge in [-0.3, -0.25) is 4.79 Å². The van der Waals surface area contributed by atoms with Crippen molar-refractivity contribution >= 4 is 34.9 Å². The lowest BCUT2D eigenvalue weighted by molar-refractivity contribution is -0.113. The van der Waals surface area contributed by atoms with Crippen molar-refractivity contribution in [2.45, 2.75) is 11.9 Å². The van der Waals surface area contributed by atoms with Crippen LogP contribution in [0.15, 0.2) is 66.0 Å². The van der Waals surface area contributed by atoms with Gasteiger partial charge in [0, 0.05) is 37.9 Å². The second-order valence-corrected chi connectivity index (χ2v) is 8.51. The maximum atomic E-state index is 12.3. The third-order valence-corrected chi connectivity index (χ3v) is 6.35. The number of carbonyl (C=O) groups excluding carboxylic acids is 1. The first kappa shape index (κ1) is 22.0. The molecule has 4 rings (SSSR count). The number of benzene rings is 2. The first-order chi connectivity index (χ1) is 15.6. The van der Waals surface area contributed by atoms with E-state index in [0.29, 0.717) is 5.75 Å². The van der Waals surface area contributed by atoms with Gasteiger partial charge in [0.05, 0.1) is 18.6 Å². The number of nitrogens with one attached hydrogen (secondary N) is 1. The highest BCUT2D eigenvalue weighted by Crippen LogP contribution is 2.29. The average molecular weight is 450 g/mol. The van der Waals surface area contributed by atoms with Gasteiger partial charge in [0.2, 0.25) is 5.91 Å². The van der Waals surface area contributed by atoms with Crippen molar-refractivity contribution in [2.24, 2.45) is 0 Å². The number of ether oxygens (including phenoxy) is 1. The number of hydrogen-bond acceptors (Lipinski definition) is 7. The number of rotatable bonds is 7. The lowest BCUT2D eigenvalue weighted by Crippen LogP contribution is -2.47. The largest absolute Gasteiger partial charge is 0.495 e. The second-order valence-electron chi connectivity index (χ2n) is 7.51. The summed E-state index contributed by atoms with van der Waals surface area (Å²) in [6.45, 7) is 5.45. The van der Waals surface area contributed by atoms with E-state index in [1.807, 2.05) is 55.5 Å². The van der Waals surface area contributed by atoms with Crippen molar-refractivity contribution in [1.82, 2.24) is 9.97 Å². The molecule has 3 aromatic rings. The fourth-order valence-electron chi connectivity index (χ4n) is 3.69. The van der Waals surface area contributed by atoms with Gasteiger partial charge in [-0.1, -0.05) is 42.1 Å². The summed E-state index contributed by atoms with van der Waals surface area (Å²) in [5.74, 6) is 2.04. The van der Waals surface area contributed by atoms with Gasteiger partial charge in [-0.05, 0) is 30.7 Å². The third-order valence-electron chi connectivity index (χ3n) is 5.43. The Kier molecular flexibility index (Phi) is 7.11. The first-order valence-electron chi connectivity index (χ1n) is 10.6. The Morgan fingerprint density at radius 3 is 2.53 bits per heavy atom. The lowest BCUT2D eigenvalue weighted by atomic mass is 10.2. The smallest absolute Gasteiger partial charge is 0.234 e. The molecule has 2 aromatic carbocycles. The van der Waals surface area contributed by atoms with E-state index < -0.39 is 0 Å². The van der Waals surface area contributed by atoms with Gasteiger partial charge in [0.1, 0.15) is 22.9 Å². The summed E-state index contributed by atoms with van der Waals surface area (Å²) < 4.78 is 5.50. The molecule has 8 heteroatoms. The molecule has 1 amide bonds. The summed E-state index contributed by atoms with van der Waals surface area (Å²) in [6.07, 6.45) is 1.57. The molecule has 7 nitrogen and oxygen atoms in total. The summed E-state index contributed by atoms with van der Waals surface area (Å²) in [4.78, 5) is 25.7. The van der Waals surface area contributed by atoms with E-state index in [1.54, 1.807) is 13.4 Å². The molecular formula is C24H27N5O2S. The predicted octanol–water partition coefficient (Wildman–Crippen LogP) is 3.85. The van der Waals surface area contributed by atoms with Gasteiger partial charge >= 0.3 is 0 Å². The van der Waals surface area contributed by atoms with Crippen LogP contribution in [0.5, 0.6) is 5.75 Å². The number of para-hydroxylation sites is 3. The Morgan fingerprint density at radius 2 is 1.75 bits per heavy atom. The fourth-order valence-corrected chi connectivity index (χ4v) is 4.35. The molecule has 0 spiro atoms. The number of carbonyl (C=O) groups is 1. The number of aryl methyl sites for hydroxylation is 1. The summed E-state index contributed by atoms with van der Waals surface area (Å²) >= 11 is 1.42. The van der Waals surface area contributed by atoms with E-state index in [-0.39, 0.29) is 5.91 Å². The van der Waals surface area contributed by atoms with Crippen LogP contribution in [0.1, 0.15) is 5.56 Å². The van der Waals surface area contributed by atoms with Gasteiger partial charge in [-0.25, -0.2) is 9.97 Å². The van der Waals surface area contributed by atoms with E-state index >= 15 is 0 Å². The van der Waals surface area contributed by atoms with Gasteiger partial charge in [-0.15, -0.1) is 0 Å². The van der Waals surface area contributed by atoms with Crippen molar-refractivity contribution in [3.05, 3.63) is 66.5 Å². The molecule has 32 heavy (non-hydrogen) atoms. The molecule has 0 radical (unpaired) electrons. The molecular weight excluding hydrogens is 422 g/mol. The number of piperazine rings is 1. The molecule has 2 heterocycles. The fraction of sp³-hybridized carbons (Fsp3) is 0.292. The summed E-state index contributed by atoms with van der Waals surface area (Å²) in [6, 6.07) is 17.8. The van der Waals surface area contributed by atoms with Gasteiger partial charge in [0.25, 0.3) is 0 Å². The van der Waals surface area contributed by atoms with Crippen LogP contribution < -0.4 is 19.9 Å². The molecule has 0 atom stereocenters. The zero-order valence-electron chi connectivity index (χ0n) is 18.3. The van der Waals surface area contributed by atoms with Gasteiger partial charge in [0.15, 0.2) is 0 Å². The van der Waals surface area contributed by atoms with Crippen LogP contribution in [0.3, 0.4) is 0 Å². The second kappa shape index (κ2) is 10.4. The van der Waals surface area contributed by atoms with Crippen molar-refractivity contribution in [2.75, 3.05) is 54.2 Å². The standard InChI is InChI=1S/C24H27N5O2S/c1-18-7-3-4-8-19(18)27-23(30)16-32-24-15-22(25-17-26-24)29-13-11-28(12-14-29)20-9-5-6-10-21(20)31-2/h3-10,15,17H,11-14,16H2,1-2H3,(H,27,30). The summed E-state index contributed by atoms with van der Waals surface area (Å²) in [5.41, 5.74) is 3.00. The summed E-state index contributed by atoms with van der Waals surface area (Å²) in [5, 5.41) is 3.75. The van der Waals surface area contributed by atoms with Gasteiger partial charge in [-0.2, -0.15) is 0 Å². The highest BCUT2D eigenvalue weighted by molar-refractivity contribution is 7.99. The Labute approximate surface area is 192 Å². The van der Waals surface area contributed by atoms with E-state index in [4.69, 9.17) is 4.74 Å². The molecule has 1 saturated heterocycles. The van der Waals surface area contributed by atoms with Crippen LogP contribution in [-0.4, -0.2) is 54.9 Å². The molecule has 1 aliphatic rings. The molecule has 1 N–H and O–H groups in total. The average Bonchev–Trinajstić information content (AvgIpc) is 2.84. The topological polar surface area (TPSA) is 70.6 Å². The number of amides is 1. The lowest BCUT2D eigenvalue weighted by Gasteiger charge is -2.37. The minimum atomic E-state index is -0.0464. The minimum Gasteiger partial charge on any atom is -0.495 e. The van der Waals surface area contributed by atoms with E-state index in [2.05, 4.69) is 31.2 Å². The van der Waals surface area contributed by atoms with Crippen LogP contribution in [0.2, 0.25) is 0 Å². The van der Waals surface area contributed by atoms with E-state index in [1.165, 1.54) is 11.8 Å². The monoisotopic (exact) mass is 449 g/mol. The maximum Gasteiger partial charge on any atom is 0.234 e. The number of hydrogen-bond donors (Lipinski definition) is 1. The molecule has 0 unspecified atom stereocenters. The Bertz CT molecular complexity index is 1070. The van der Waals surface area contributed by atoms with Crippen LogP contribution in [0.4, 0.5) is 17.2 Å². The number of aromatic nitrogens is 2. The minimum absolute atomic E-state index is 0.0464. The molecule has 1 fully saturated rings. The van der Waals surface area contributed by atoms with E-state index in [9.17, 15) is 4.79 Å². The number of methoxy groups -OCH3 is 1. The quantitative estimate of drug-likeness (QED) is 0.434.